The van der Waals surface area contributed by atoms with E-state index < -0.39 is 5.54 Å². The maximum atomic E-state index is 12.7. The number of aromatic amines is 2. The summed E-state index contributed by atoms with van der Waals surface area (Å²) in [7, 11) is 0. The van der Waals surface area contributed by atoms with Crippen LogP contribution in [-0.4, -0.2) is 40.7 Å². The maximum absolute atomic E-state index is 12.7. The number of H-pyrrole nitrogens is 2. The van der Waals surface area contributed by atoms with Gasteiger partial charge in [0.2, 0.25) is 5.82 Å². The van der Waals surface area contributed by atoms with E-state index >= 15 is 0 Å². The molecule has 0 atom stereocenters. The van der Waals surface area contributed by atoms with Gasteiger partial charge in [-0.15, -0.1) is 0 Å². The van der Waals surface area contributed by atoms with Gasteiger partial charge in [0.05, 0.1) is 22.3 Å². The molecule has 6 aromatic rings. The fraction of sp³-hybridized carbons (Fsp3) is 0.143. The van der Waals surface area contributed by atoms with Gasteiger partial charge in [0.15, 0.2) is 5.65 Å². The minimum absolute atomic E-state index is 0.201. The highest BCUT2D eigenvalue weighted by Crippen LogP contribution is 2.42. The van der Waals surface area contributed by atoms with E-state index in [-0.39, 0.29) is 17.4 Å². The molecule has 4 heterocycles. The van der Waals surface area contributed by atoms with Crippen LogP contribution in [-0.2, 0) is 5.54 Å². The van der Waals surface area contributed by atoms with Gasteiger partial charge in [-0.2, -0.15) is 10.2 Å². The molecule has 7 rings (SSSR count). The lowest BCUT2D eigenvalue weighted by Crippen LogP contribution is -2.51. The number of nitrogens with one attached hydrogen (secondary N) is 3. The summed E-state index contributed by atoms with van der Waals surface area (Å²) in [6.45, 7) is 0. The molecule has 0 radical (unpaired) electrons. The maximum Gasteiger partial charge on any atom is 0.348 e. The Morgan fingerprint density at radius 2 is 1.76 bits per heavy atom. The molecule has 0 spiro atoms. The van der Waals surface area contributed by atoms with Crippen molar-refractivity contribution in [1.29, 1.82) is 0 Å². The number of nitrogens with zero attached hydrogens (tertiary/aromatic N) is 5. The monoisotopic (exact) mass is 502 g/mol. The standard InChI is InChI=1S/C28H22N8O2/c37-26(25-29-16-30-34-25)32-28(13-4-14-28)19-9-7-18(8-10-19)24-20(17-5-2-1-3-6-17)15-22-21(31-24)11-12-23-33-35-27(38)36(22)23/h1-3,5-12,15-16H,4,13-14H2,(H,32,37)(H,35,38)(H,29,30,34). The summed E-state index contributed by atoms with van der Waals surface area (Å²) >= 11 is 0. The third-order valence-electron chi connectivity index (χ3n) is 7.35. The number of pyridine rings is 2. The minimum atomic E-state index is -0.435. The number of benzene rings is 2. The Hall–Kier alpha value is -5.12. The third-order valence-corrected chi connectivity index (χ3v) is 7.35. The van der Waals surface area contributed by atoms with E-state index in [0.717, 1.165) is 47.2 Å². The summed E-state index contributed by atoms with van der Waals surface area (Å²) in [6.07, 6.45) is 4.06. The summed E-state index contributed by atoms with van der Waals surface area (Å²) in [6, 6.07) is 23.8. The number of rotatable bonds is 5. The molecule has 0 aliphatic heterocycles. The topological polar surface area (TPSA) is 134 Å². The van der Waals surface area contributed by atoms with Crippen molar-refractivity contribution < 1.29 is 4.79 Å². The average molecular weight is 503 g/mol. The molecule has 10 nitrogen and oxygen atoms in total. The first-order valence-electron chi connectivity index (χ1n) is 12.4. The van der Waals surface area contributed by atoms with Gasteiger partial charge in [-0.1, -0.05) is 54.6 Å². The van der Waals surface area contributed by atoms with Crippen LogP contribution < -0.4 is 11.0 Å². The molecule has 0 saturated heterocycles. The Morgan fingerprint density at radius 1 is 0.947 bits per heavy atom. The molecule has 1 aliphatic rings. The second-order valence-electron chi connectivity index (χ2n) is 9.51. The summed E-state index contributed by atoms with van der Waals surface area (Å²) in [5.74, 6) is -0.0683. The molecule has 2 aromatic carbocycles. The van der Waals surface area contributed by atoms with Gasteiger partial charge in [0, 0.05) is 11.1 Å². The normalized spacial score (nSPS) is 14.4. The number of hydrogen-bond donors (Lipinski definition) is 3. The van der Waals surface area contributed by atoms with Crippen molar-refractivity contribution in [2.75, 3.05) is 0 Å². The molecule has 1 aliphatic carbocycles. The second-order valence-corrected chi connectivity index (χ2v) is 9.51. The highest BCUT2D eigenvalue weighted by molar-refractivity contribution is 5.92. The first-order chi connectivity index (χ1) is 18.6. The first-order valence-corrected chi connectivity index (χ1v) is 12.4. The quantitative estimate of drug-likeness (QED) is 0.328. The molecule has 186 valence electrons. The van der Waals surface area contributed by atoms with Gasteiger partial charge in [-0.3, -0.25) is 9.89 Å². The zero-order valence-electron chi connectivity index (χ0n) is 20.2. The number of carbonyl (C=O) groups is 1. The number of carbonyl (C=O) groups excluding carboxylic acids is 1. The molecular weight excluding hydrogens is 480 g/mol. The van der Waals surface area contributed by atoms with Gasteiger partial charge in [-0.25, -0.2) is 24.3 Å². The Balaban J connectivity index is 1.33. The molecular formula is C28H22N8O2. The average Bonchev–Trinajstić information content (AvgIpc) is 3.61. The van der Waals surface area contributed by atoms with Crippen LogP contribution >= 0.6 is 0 Å². The predicted octanol–water partition coefficient (Wildman–Crippen LogP) is 3.83. The Kier molecular flexibility index (Phi) is 4.93. The van der Waals surface area contributed by atoms with Crippen molar-refractivity contribution in [2.24, 2.45) is 0 Å². The van der Waals surface area contributed by atoms with Crippen molar-refractivity contribution in [3.63, 3.8) is 0 Å². The van der Waals surface area contributed by atoms with Crippen LogP contribution in [0.15, 0.2) is 83.9 Å². The smallest absolute Gasteiger partial charge is 0.340 e. The summed E-state index contributed by atoms with van der Waals surface area (Å²) in [5, 5.41) is 16.2. The van der Waals surface area contributed by atoms with Crippen LogP contribution in [0.5, 0.6) is 0 Å². The van der Waals surface area contributed by atoms with Crippen LogP contribution in [0.2, 0.25) is 0 Å². The SMILES string of the molecule is O=C(NC1(c2ccc(-c3nc4ccc5n[nH]c(=O)n5c4cc3-c3ccccc3)cc2)CCC1)c1ncn[nH]1. The van der Waals surface area contributed by atoms with Gasteiger partial charge in [0.1, 0.15) is 6.33 Å². The van der Waals surface area contributed by atoms with E-state index in [9.17, 15) is 9.59 Å². The number of aromatic nitrogens is 7. The molecule has 0 bridgehead atoms. The van der Waals surface area contributed by atoms with E-state index in [1.165, 1.54) is 6.33 Å². The van der Waals surface area contributed by atoms with E-state index in [4.69, 9.17) is 4.98 Å². The minimum Gasteiger partial charge on any atom is -0.340 e. The Labute approximate surface area is 215 Å². The van der Waals surface area contributed by atoms with E-state index in [0.29, 0.717) is 16.7 Å². The molecule has 0 unspecified atom stereocenters. The van der Waals surface area contributed by atoms with Gasteiger partial charge < -0.3 is 5.32 Å². The largest absolute Gasteiger partial charge is 0.348 e. The first kappa shape index (κ1) is 22.1. The molecule has 3 N–H and O–H groups in total. The summed E-state index contributed by atoms with van der Waals surface area (Å²) in [4.78, 5) is 34.2. The van der Waals surface area contributed by atoms with Crippen molar-refractivity contribution in [2.45, 2.75) is 24.8 Å². The molecule has 1 amide bonds. The zero-order chi connectivity index (χ0) is 25.7. The van der Waals surface area contributed by atoms with Crippen molar-refractivity contribution in [1.82, 2.24) is 40.1 Å². The van der Waals surface area contributed by atoms with Crippen molar-refractivity contribution in [3.8, 4) is 22.4 Å². The molecule has 1 saturated carbocycles. The van der Waals surface area contributed by atoms with Gasteiger partial charge in [0.25, 0.3) is 5.91 Å². The van der Waals surface area contributed by atoms with E-state index in [2.05, 4.69) is 42.8 Å². The molecule has 4 aromatic heterocycles. The van der Waals surface area contributed by atoms with Crippen LogP contribution in [0.25, 0.3) is 39.1 Å². The van der Waals surface area contributed by atoms with E-state index in [1.807, 2.05) is 54.6 Å². The van der Waals surface area contributed by atoms with Crippen LogP contribution in [0, 0.1) is 0 Å². The highest BCUT2D eigenvalue weighted by Gasteiger charge is 2.40. The lowest BCUT2D eigenvalue weighted by atomic mass is 9.71. The Bertz CT molecular complexity index is 1850. The van der Waals surface area contributed by atoms with Crippen molar-refractivity contribution in [3.05, 3.63) is 101 Å². The number of hydrogen-bond acceptors (Lipinski definition) is 6. The molecule has 38 heavy (non-hydrogen) atoms. The van der Waals surface area contributed by atoms with E-state index in [1.54, 1.807) is 10.5 Å². The lowest BCUT2D eigenvalue weighted by Gasteiger charge is -2.43. The fourth-order valence-electron chi connectivity index (χ4n) is 5.24. The van der Waals surface area contributed by atoms with Gasteiger partial charge in [-0.05, 0) is 48.6 Å². The van der Waals surface area contributed by atoms with Crippen LogP contribution in [0.1, 0.15) is 35.4 Å². The van der Waals surface area contributed by atoms with Gasteiger partial charge >= 0.3 is 5.69 Å². The second kappa shape index (κ2) is 8.48. The number of amides is 1. The lowest BCUT2D eigenvalue weighted by molar-refractivity contribution is 0.0813. The zero-order valence-corrected chi connectivity index (χ0v) is 20.2. The summed E-state index contributed by atoms with van der Waals surface area (Å²) in [5.41, 5.74) is 5.85. The summed E-state index contributed by atoms with van der Waals surface area (Å²) < 4.78 is 1.54. The predicted molar refractivity (Wildman–Crippen MR) is 141 cm³/mol. The van der Waals surface area contributed by atoms with Crippen molar-refractivity contribution >= 4 is 22.6 Å². The highest BCUT2D eigenvalue weighted by atomic mass is 16.2. The molecule has 1 fully saturated rings. The van der Waals surface area contributed by atoms with Crippen LogP contribution in [0.3, 0.4) is 0 Å². The number of fused-ring (bicyclic) bond motifs is 3. The third kappa shape index (κ3) is 3.49. The fourth-order valence-corrected chi connectivity index (χ4v) is 5.24. The van der Waals surface area contributed by atoms with Crippen LogP contribution in [0.4, 0.5) is 0 Å². The Morgan fingerprint density at radius 3 is 2.47 bits per heavy atom. The molecule has 10 heteroatoms.